The van der Waals surface area contributed by atoms with Crippen molar-refractivity contribution < 1.29 is 9.84 Å². The van der Waals surface area contributed by atoms with E-state index in [4.69, 9.17) is 4.74 Å². The Kier molecular flexibility index (Phi) is 5.31. The van der Waals surface area contributed by atoms with Crippen LogP contribution in [0.3, 0.4) is 0 Å². The van der Waals surface area contributed by atoms with E-state index in [1.165, 1.54) is 23.1 Å². The normalized spacial score (nSPS) is 14.7. The first-order valence-electron chi connectivity index (χ1n) is 8.36. The molecule has 0 spiro atoms. The molecule has 0 aliphatic heterocycles. The maximum Gasteiger partial charge on any atom is 0.122 e. The largest absolute Gasteiger partial charge is 0.491 e. The van der Waals surface area contributed by atoms with E-state index in [0.29, 0.717) is 13.2 Å². The second-order valence-corrected chi connectivity index (χ2v) is 6.39. The molecule has 2 aromatic rings. The summed E-state index contributed by atoms with van der Waals surface area (Å²) in [6.07, 6.45) is 2.96. The molecule has 122 valence electrons. The van der Waals surface area contributed by atoms with E-state index in [2.05, 4.69) is 23.1 Å². The molecule has 1 N–H and O–H groups in total. The maximum atomic E-state index is 10.2. The van der Waals surface area contributed by atoms with Gasteiger partial charge in [0.2, 0.25) is 0 Å². The van der Waals surface area contributed by atoms with E-state index in [0.717, 1.165) is 25.1 Å². The molecule has 3 heteroatoms. The van der Waals surface area contributed by atoms with Crippen LogP contribution in [0.1, 0.15) is 23.1 Å². The van der Waals surface area contributed by atoms with Gasteiger partial charge < -0.3 is 9.84 Å². The average Bonchev–Trinajstić information content (AvgIpc) is 3.03. The van der Waals surface area contributed by atoms with Crippen LogP contribution in [0.25, 0.3) is 0 Å². The van der Waals surface area contributed by atoms with Crippen LogP contribution in [0.15, 0.2) is 48.5 Å². The first-order valence-corrected chi connectivity index (χ1v) is 8.36. The summed E-state index contributed by atoms with van der Waals surface area (Å²) in [5.41, 5.74) is 3.99. The number of fused-ring (bicyclic) bond motifs is 1. The third-order valence-corrected chi connectivity index (χ3v) is 4.35. The molecule has 1 aliphatic carbocycles. The molecule has 0 aromatic heterocycles. The van der Waals surface area contributed by atoms with Crippen LogP contribution in [0.2, 0.25) is 0 Å². The molecule has 0 amide bonds. The van der Waals surface area contributed by atoms with E-state index in [9.17, 15) is 5.11 Å². The van der Waals surface area contributed by atoms with Crippen molar-refractivity contribution in [3.05, 3.63) is 65.2 Å². The highest BCUT2D eigenvalue weighted by Crippen LogP contribution is 2.30. The van der Waals surface area contributed by atoms with E-state index in [-0.39, 0.29) is 0 Å². The smallest absolute Gasteiger partial charge is 0.122 e. The van der Waals surface area contributed by atoms with Crippen LogP contribution in [0.4, 0.5) is 0 Å². The molecule has 1 unspecified atom stereocenters. The summed E-state index contributed by atoms with van der Waals surface area (Å²) in [4.78, 5) is 2.12. The van der Waals surface area contributed by atoms with Gasteiger partial charge >= 0.3 is 0 Å². The first-order chi connectivity index (χ1) is 11.2. The third-order valence-electron chi connectivity index (χ3n) is 4.35. The van der Waals surface area contributed by atoms with Crippen molar-refractivity contribution >= 4 is 0 Å². The van der Waals surface area contributed by atoms with Gasteiger partial charge in [0.05, 0.1) is 0 Å². The summed E-state index contributed by atoms with van der Waals surface area (Å²) >= 11 is 0. The van der Waals surface area contributed by atoms with Gasteiger partial charge in [-0.2, -0.15) is 0 Å². The number of aliphatic hydroxyl groups is 1. The Morgan fingerprint density at radius 1 is 1.09 bits per heavy atom. The maximum absolute atomic E-state index is 10.2. The standard InChI is InChI=1S/C20H25NO2/c1-21(13-16-7-3-2-4-8-16)14-18(22)15-23-20-12-6-10-17-9-5-11-19(17)20/h2-4,6-8,10,12,18,22H,5,9,11,13-15H2,1H3. The van der Waals surface area contributed by atoms with Gasteiger partial charge in [0, 0.05) is 13.1 Å². The molecule has 3 rings (SSSR count). The van der Waals surface area contributed by atoms with Gasteiger partial charge in [0.1, 0.15) is 18.5 Å². The Morgan fingerprint density at radius 2 is 1.91 bits per heavy atom. The Morgan fingerprint density at radius 3 is 2.74 bits per heavy atom. The van der Waals surface area contributed by atoms with E-state index >= 15 is 0 Å². The summed E-state index contributed by atoms with van der Waals surface area (Å²) < 4.78 is 5.89. The van der Waals surface area contributed by atoms with Crippen molar-refractivity contribution in [1.29, 1.82) is 0 Å². The predicted octanol–water partition coefficient (Wildman–Crippen LogP) is 3.05. The molecule has 0 bridgehead atoms. The van der Waals surface area contributed by atoms with Crippen LogP contribution in [-0.4, -0.2) is 36.3 Å². The van der Waals surface area contributed by atoms with Crippen molar-refractivity contribution in [2.45, 2.75) is 31.9 Å². The average molecular weight is 311 g/mol. The lowest BCUT2D eigenvalue weighted by Crippen LogP contribution is -2.32. The van der Waals surface area contributed by atoms with Gasteiger partial charge in [-0.1, -0.05) is 42.5 Å². The lowest BCUT2D eigenvalue weighted by Gasteiger charge is -2.21. The van der Waals surface area contributed by atoms with Crippen molar-refractivity contribution in [2.75, 3.05) is 20.2 Å². The molecule has 23 heavy (non-hydrogen) atoms. The lowest BCUT2D eigenvalue weighted by atomic mass is 10.1. The zero-order valence-corrected chi connectivity index (χ0v) is 13.7. The number of rotatable bonds is 7. The van der Waals surface area contributed by atoms with E-state index in [1.807, 2.05) is 37.4 Å². The van der Waals surface area contributed by atoms with E-state index < -0.39 is 6.10 Å². The molecule has 0 heterocycles. The highest BCUT2D eigenvalue weighted by Gasteiger charge is 2.16. The van der Waals surface area contributed by atoms with Gasteiger partial charge in [0.25, 0.3) is 0 Å². The second-order valence-electron chi connectivity index (χ2n) is 6.39. The lowest BCUT2D eigenvalue weighted by molar-refractivity contribution is 0.0740. The molecule has 0 radical (unpaired) electrons. The zero-order valence-electron chi connectivity index (χ0n) is 13.7. The van der Waals surface area contributed by atoms with Crippen molar-refractivity contribution in [2.24, 2.45) is 0 Å². The Balaban J connectivity index is 1.48. The molecule has 0 saturated carbocycles. The topological polar surface area (TPSA) is 32.7 Å². The van der Waals surface area contributed by atoms with Crippen molar-refractivity contribution in [1.82, 2.24) is 4.90 Å². The third kappa shape index (κ3) is 4.34. The first kappa shape index (κ1) is 16.0. The quantitative estimate of drug-likeness (QED) is 0.853. The number of benzene rings is 2. The summed E-state index contributed by atoms with van der Waals surface area (Å²) in [5.74, 6) is 0.949. The number of ether oxygens (including phenoxy) is 1. The molecule has 3 nitrogen and oxygen atoms in total. The van der Waals surface area contributed by atoms with Gasteiger partial charge in [-0.05, 0) is 49.1 Å². The molecular weight excluding hydrogens is 286 g/mol. The van der Waals surface area contributed by atoms with Crippen LogP contribution in [-0.2, 0) is 19.4 Å². The molecule has 0 saturated heterocycles. The highest BCUT2D eigenvalue weighted by molar-refractivity contribution is 5.43. The van der Waals surface area contributed by atoms with E-state index in [1.54, 1.807) is 0 Å². The molecular formula is C20H25NO2. The number of hydrogen-bond acceptors (Lipinski definition) is 3. The van der Waals surface area contributed by atoms with Crippen LogP contribution in [0, 0.1) is 0 Å². The van der Waals surface area contributed by atoms with Gasteiger partial charge in [-0.3, -0.25) is 4.90 Å². The van der Waals surface area contributed by atoms with Crippen LogP contribution < -0.4 is 4.74 Å². The Hall–Kier alpha value is -1.84. The Labute approximate surface area is 138 Å². The van der Waals surface area contributed by atoms with Gasteiger partial charge in [-0.25, -0.2) is 0 Å². The number of likely N-dealkylation sites (N-methyl/N-ethyl adjacent to an activating group) is 1. The monoisotopic (exact) mass is 311 g/mol. The van der Waals surface area contributed by atoms with Crippen molar-refractivity contribution in [3.8, 4) is 5.75 Å². The summed E-state index contributed by atoms with van der Waals surface area (Å²) in [6.45, 7) is 1.78. The summed E-state index contributed by atoms with van der Waals surface area (Å²) in [6, 6.07) is 16.6. The number of hydrogen-bond donors (Lipinski definition) is 1. The number of aliphatic hydroxyl groups excluding tert-OH is 1. The molecule has 1 aliphatic rings. The minimum absolute atomic E-state index is 0.343. The second kappa shape index (κ2) is 7.62. The summed E-state index contributed by atoms with van der Waals surface area (Å²) in [5, 5.41) is 10.2. The predicted molar refractivity (Wildman–Crippen MR) is 92.7 cm³/mol. The van der Waals surface area contributed by atoms with Crippen LogP contribution in [0.5, 0.6) is 5.75 Å². The fraction of sp³-hybridized carbons (Fsp3) is 0.400. The summed E-state index contributed by atoms with van der Waals surface area (Å²) in [7, 11) is 2.02. The number of nitrogens with zero attached hydrogens (tertiary/aromatic N) is 1. The van der Waals surface area contributed by atoms with Gasteiger partial charge in [0.15, 0.2) is 0 Å². The van der Waals surface area contributed by atoms with Crippen LogP contribution >= 0.6 is 0 Å². The SMILES string of the molecule is CN(Cc1ccccc1)CC(O)COc1cccc2c1CCC2. The minimum Gasteiger partial charge on any atom is -0.491 e. The highest BCUT2D eigenvalue weighted by atomic mass is 16.5. The molecule has 1 atom stereocenters. The zero-order chi connectivity index (χ0) is 16.1. The molecule has 0 fully saturated rings. The van der Waals surface area contributed by atoms with Crippen molar-refractivity contribution in [3.63, 3.8) is 0 Å². The Bertz CT molecular complexity index is 627. The fourth-order valence-electron chi connectivity index (χ4n) is 3.28. The minimum atomic E-state index is -0.485. The molecule has 2 aromatic carbocycles. The fourth-order valence-corrected chi connectivity index (χ4v) is 3.28. The number of aryl methyl sites for hydroxylation is 1. The van der Waals surface area contributed by atoms with Gasteiger partial charge in [-0.15, -0.1) is 0 Å².